The van der Waals surface area contributed by atoms with Crippen LogP contribution in [0.1, 0.15) is 0 Å². The quantitative estimate of drug-likeness (QED) is 0.314. The van der Waals surface area contributed by atoms with Crippen molar-refractivity contribution in [1.29, 1.82) is 0 Å². The van der Waals surface area contributed by atoms with Crippen molar-refractivity contribution in [3.63, 3.8) is 0 Å². The van der Waals surface area contributed by atoms with Gasteiger partial charge in [-0.1, -0.05) is 0 Å². The van der Waals surface area contributed by atoms with E-state index in [1.807, 2.05) is 0 Å². The van der Waals surface area contributed by atoms with Gasteiger partial charge in [0.05, 0.1) is 13.4 Å². The van der Waals surface area contributed by atoms with Crippen LogP contribution in [0.4, 0.5) is 0 Å². The first-order chi connectivity index (χ1) is 4.56. The zero-order chi connectivity index (χ0) is 9.71. The average molecular weight is 232 g/mol. The molecule has 0 saturated heterocycles. The molecule has 0 aliphatic carbocycles. The number of rotatable bonds is 1. The monoisotopic (exact) mass is 232 g/mol. The average Bonchev–Trinajstić information content (AvgIpc) is 1.59. The van der Waals surface area contributed by atoms with E-state index in [1.54, 1.807) is 0 Å². The van der Waals surface area contributed by atoms with Crippen LogP contribution in [-0.2, 0) is 24.7 Å². The molecular formula is C2H9NaO7S2. The van der Waals surface area contributed by atoms with E-state index < -0.39 is 20.5 Å². The van der Waals surface area contributed by atoms with Gasteiger partial charge in [-0.2, -0.15) is 16.8 Å². The van der Waals surface area contributed by atoms with Crippen LogP contribution >= 0.6 is 0 Å². The first kappa shape index (κ1) is 18.5. The summed E-state index contributed by atoms with van der Waals surface area (Å²) in [6, 6.07) is 0. The van der Waals surface area contributed by atoms with Crippen molar-refractivity contribution in [1.82, 2.24) is 0 Å². The summed E-state index contributed by atoms with van der Waals surface area (Å²) >= 11 is 0. The molecule has 10 heteroatoms. The summed E-state index contributed by atoms with van der Waals surface area (Å²) in [5, 5.41) is 0. The maximum atomic E-state index is 9.78. The molecule has 0 aromatic rings. The predicted octanol–water partition coefficient (Wildman–Crippen LogP) is -1.71. The normalized spacial score (nSPS) is 10.7. The topological polar surface area (TPSA) is 118 Å². The molecule has 0 atom stereocenters. The zero-order valence-electron chi connectivity index (χ0n) is 5.75. The Labute approximate surface area is 93.1 Å². The van der Waals surface area contributed by atoms with Gasteiger partial charge in [0.15, 0.2) is 0 Å². The summed E-state index contributed by atoms with van der Waals surface area (Å²) in [4.78, 5) is 0. The van der Waals surface area contributed by atoms with Crippen LogP contribution in [0, 0.1) is 0 Å². The second kappa shape index (κ2) is 7.21. The zero-order valence-corrected chi connectivity index (χ0v) is 7.39. The van der Waals surface area contributed by atoms with Crippen molar-refractivity contribution in [2.45, 2.75) is 0 Å². The van der Waals surface area contributed by atoms with Crippen LogP contribution in [0.5, 0.6) is 0 Å². The van der Waals surface area contributed by atoms with E-state index in [2.05, 4.69) is 4.18 Å². The van der Waals surface area contributed by atoms with Gasteiger partial charge in [-0.25, -0.2) is 0 Å². The molecule has 0 bridgehead atoms. The third-order valence-corrected chi connectivity index (χ3v) is 0.908. The summed E-state index contributed by atoms with van der Waals surface area (Å²) in [5.74, 6) is 0. The molecule has 0 rings (SSSR count). The van der Waals surface area contributed by atoms with Crippen molar-refractivity contribution in [3.8, 4) is 0 Å². The summed E-state index contributed by atoms with van der Waals surface area (Å²) in [6.45, 7) is 0. The van der Waals surface area contributed by atoms with Crippen LogP contribution in [0.2, 0.25) is 0 Å². The van der Waals surface area contributed by atoms with E-state index in [1.165, 1.54) is 0 Å². The van der Waals surface area contributed by atoms with Gasteiger partial charge in [0.2, 0.25) is 0 Å². The Balaban J connectivity index is -0.000000126. The minimum absolute atomic E-state index is 0. The van der Waals surface area contributed by atoms with Crippen LogP contribution in [-0.4, -0.2) is 68.9 Å². The first-order valence-electron chi connectivity index (χ1n) is 2.01. The van der Waals surface area contributed by atoms with E-state index in [4.69, 9.17) is 17.5 Å². The van der Waals surface area contributed by atoms with Gasteiger partial charge < -0.3 is 0 Å². The Morgan fingerprint density at radius 1 is 1.08 bits per heavy atom. The second-order valence-corrected chi connectivity index (χ2v) is 3.96. The fourth-order valence-electron chi connectivity index (χ4n) is 0. The van der Waals surface area contributed by atoms with E-state index in [0.29, 0.717) is 0 Å². The number of hydrogen-bond acceptors (Lipinski definition) is 5. The fraction of sp³-hybridized carbons (Fsp3) is 1.00. The molecular weight excluding hydrogens is 223 g/mol. The molecule has 0 aliphatic rings. The van der Waals surface area contributed by atoms with Crippen LogP contribution in [0.3, 0.4) is 0 Å². The molecule has 0 saturated carbocycles. The second-order valence-electron chi connectivity index (χ2n) is 1.32. The van der Waals surface area contributed by atoms with Crippen molar-refractivity contribution >= 4 is 50.1 Å². The molecule has 0 spiro atoms. The third-order valence-electron chi connectivity index (χ3n) is 0.303. The summed E-state index contributed by atoms with van der Waals surface area (Å²) in [5.41, 5.74) is 0. The van der Waals surface area contributed by atoms with Crippen molar-refractivity contribution in [2.24, 2.45) is 0 Å². The number of hydrogen-bond donors (Lipinski definition) is 2. The Kier molecular flexibility index (Phi) is 11.1. The van der Waals surface area contributed by atoms with Gasteiger partial charge >= 0.3 is 40.0 Å². The molecule has 0 fully saturated rings. The predicted molar refractivity (Wildman–Crippen MR) is 43.2 cm³/mol. The van der Waals surface area contributed by atoms with Crippen LogP contribution in [0.25, 0.3) is 0 Å². The van der Waals surface area contributed by atoms with Gasteiger partial charge in [-0.3, -0.25) is 13.3 Å². The maximum absolute atomic E-state index is 9.78. The van der Waals surface area contributed by atoms with Gasteiger partial charge in [-0.15, -0.1) is 0 Å². The Morgan fingerprint density at radius 2 is 1.17 bits per heavy atom. The van der Waals surface area contributed by atoms with Gasteiger partial charge in [0.1, 0.15) is 0 Å². The van der Waals surface area contributed by atoms with E-state index in [-0.39, 0.29) is 29.6 Å². The third kappa shape index (κ3) is 72.2. The molecule has 2 N–H and O–H groups in total. The van der Waals surface area contributed by atoms with Gasteiger partial charge in [0.25, 0.3) is 10.1 Å². The first-order valence-corrected chi connectivity index (χ1v) is 5.23. The van der Waals surface area contributed by atoms with E-state index in [9.17, 15) is 8.42 Å². The summed E-state index contributed by atoms with van der Waals surface area (Å²) < 4.78 is 55.0. The van der Waals surface area contributed by atoms with Crippen molar-refractivity contribution in [3.05, 3.63) is 0 Å². The van der Waals surface area contributed by atoms with Gasteiger partial charge in [0, 0.05) is 0 Å². The Morgan fingerprint density at radius 3 is 1.17 bits per heavy atom. The fourth-order valence-corrected chi connectivity index (χ4v) is 0. The Hall–Kier alpha value is 0.780. The van der Waals surface area contributed by atoms with E-state index in [0.717, 1.165) is 13.4 Å². The SMILES string of the molecule is COS(C)(=O)=O.O=S(=O)(O)O.[NaH]. The molecule has 0 aromatic heterocycles. The molecule has 7 nitrogen and oxygen atoms in total. The molecule has 72 valence electrons. The molecule has 0 aromatic carbocycles. The van der Waals surface area contributed by atoms with E-state index >= 15 is 0 Å². The summed E-state index contributed by atoms with van der Waals surface area (Å²) in [6.07, 6.45) is 0.993. The minimum atomic E-state index is -4.67. The molecule has 0 heterocycles. The molecule has 0 radical (unpaired) electrons. The molecule has 0 aliphatic heterocycles. The summed E-state index contributed by atoms with van der Waals surface area (Å²) in [7, 11) is -6.71. The van der Waals surface area contributed by atoms with Crippen LogP contribution < -0.4 is 0 Å². The standard InChI is InChI=1S/C2H6O3S.Na.H2O4S.H/c1-5-6(2,3)4;;1-5(2,3)4;/h1-2H3;;(H2,1,2,3,4);. The molecule has 0 amide bonds. The van der Waals surface area contributed by atoms with Crippen molar-refractivity contribution < 1.29 is 30.1 Å². The Bertz CT molecular complexity index is 267. The van der Waals surface area contributed by atoms with Crippen molar-refractivity contribution in [2.75, 3.05) is 13.4 Å². The molecule has 12 heavy (non-hydrogen) atoms. The van der Waals surface area contributed by atoms with Gasteiger partial charge in [-0.05, 0) is 0 Å². The van der Waals surface area contributed by atoms with Crippen LogP contribution in [0.15, 0.2) is 0 Å². The molecule has 0 unspecified atom stereocenters.